The zero-order chi connectivity index (χ0) is 20.0. The van der Waals surface area contributed by atoms with Crippen molar-refractivity contribution in [1.82, 2.24) is 4.90 Å². The van der Waals surface area contributed by atoms with E-state index in [1.807, 2.05) is 36.4 Å². The van der Waals surface area contributed by atoms with Crippen molar-refractivity contribution in [3.63, 3.8) is 0 Å². The molecular weight excluding hydrogens is 362 g/mol. The predicted octanol–water partition coefficient (Wildman–Crippen LogP) is 4.34. The second-order valence-electron chi connectivity index (χ2n) is 8.99. The Balaban J connectivity index is 1.43. The van der Waals surface area contributed by atoms with Crippen molar-refractivity contribution in [2.24, 2.45) is 5.92 Å². The Morgan fingerprint density at radius 3 is 2.79 bits per heavy atom. The maximum absolute atomic E-state index is 13.0. The van der Waals surface area contributed by atoms with Gasteiger partial charge in [-0.25, -0.2) is 0 Å². The lowest BCUT2D eigenvalue weighted by atomic mass is 9.52. The summed E-state index contributed by atoms with van der Waals surface area (Å²) in [5.74, 6) is 1.94. The number of likely N-dealkylation sites (tertiary alicyclic amines) is 1. The fraction of sp³-hybridized carbons (Fsp3) is 0.480. The van der Waals surface area contributed by atoms with E-state index in [2.05, 4.69) is 11.0 Å². The lowest BCUT2D eigenvalue weighted by Crippen LogP contribution is -2.61. The average Bonchev–Trinajstić information content (AvgIpc) is 2.76. The number of methoxy groups -OCH3 is 1. The van der Waals surface area contributed by atoms with Crippen molar-refractivity contribution in [1.29, 1.82) is 0 Å². The van der Waals surface area contributed by atoms with Crippen LogP contribution in [0.2, 0.25) is 0 Å². The normalized spacial score (nSPS) is 28.3. The number of rotatable bonds is 4. The second kappa shape index (κ2) is 7.17. The first-order chi connectivity index (χ1) is 14.1. The number of nitrogens with zero attached hydrogens (tertiary/aromatic N) is 1. The SMILES string of the molecule is COc1ccc(C(=O)CN2CC[C@]34CCCC[C@H]3[C@@H]2Cc2ccc(O)cc24)cc1. The number of aromatic hydroxyl groups is 1. The van der Waals surface area contributed by atoms with Gasteiger partial charge in [-0.2, -0.15) is 0 Å². The number of fused-ring (bicyclic) bond motifs is 1. The molecule has 0 aromatic heterocycles. The monoisotopic (exact) mass is 391 g/mol. The van der Waals surface area contributed by atoms with Crippen LogP contribution in [-0.2, 0) is 11.8 Å². The van der Waals surface area contributed by atoms with Crippen molar-refractivity contribution in [2.75, 3.05) is 20.2 Å². The van der Waals surface area contributed by atoms with E-state index in [4.69, 9.17) is 4.74 Å². The van der Waals surface area contributed by atoms with E-state index in [0.717, 1.165) is 30.7 Å². The number of Topliss-reactive ketones (excluding diaryl/α,β-unsaturated/α-hetero) is 1. The molecule has 4 heteroatoms. The fourth-order valence-corrected chi connectivity index (χ4v) is 6.32. The molecule has 29 heavy (non-hydrogen) atoms. The molecule has 1 saturated carbocycles. The molecule has 2 aromatic rings. The molecule has 2 aliphatic carbocycles. The van der Waals surface area contributed by atoms with Crippen LogP contribution in [0.3, 0.4) is 0 Å². The molecule has 152 valence electrons. The van der Waals surface area contributed by atoms with Crippen molar-refractivity contribution < 1.29 is 14.6 Å². The lowest BCUT2D eigenvalue weighted by molar-refractivity contribution is -0.00848. The number of hydrogen-bond donors (Lipinski definition) is 1. The number of benzene rings is 2. The van der Waals surface area contributed by atoms with Crippen LogP contribution in [0.15, 0.2) is 42.5 Å². The average molecular weight is 392 g/mol. The highest BCUT2D eigenvalue weighted by Crippen LogP contribution is 2.56. The standard InChI is InChI=1S/C25H29NO3/c1-29-20-9-6-17(7-10-20)24(28)16-26-13-12-25-11-3-2-4-21(25)23(26)14-18-5-8-19(27)15-22(18)25/h5-10,15,21,23,27H,2-4,11-14,16H2,1H3/t21-,23-,25+/m0/s1. The van der Waals surface area contributed by atoms with Crippen LogP contribution < -0.4 is 4.74 Å². The molecule has 2 fully saturated rings. The van der Waals surface area contributed by atoms with E-state index in [1.165, 1.54) is 36.8 Å². The molecule has 1 heterocycles. The van der Waals surface area contributed by atoms with E-state index in [-0.39, 0.29) is 11.2 Å². The molecule has 0 radical (unpaired) electrons. The minimum atomic E-state index is 0.187. The van der Waals surface area contributed by atoms with Gasteiger partial charge >= 0.3 is 0 Å². The first-order valence-corrected chi connectivity index (χ1v) is 10.8. The molecule has 2 aromatic carbocycles. The molecule has 0 unspecified atom stereocenters. The molecule has 5 rings (SSSR count). The van der Waals surface area contributed by atoms with Crippen LogP contribution in [0.1, 0.15) is 53.6 Å². The van der Waals surface area contributed by atoms with Gasteiger partial charge in [-0.15, -0.1) is 0 Å². The summed E-state index contributed by atoms with van der Waals surface area (Å²) in [5.41, 5.74) is 3.70. The Hall–Kier alpha value is -2.33. The molecule has 3 atom stereocenters. The highest BCUT2D eigenvalue weighted by Gasteiger charge is 2.53. The number of carbonyl (C=O) groups is 1. The Morgan fingerprint density at radius 1 is 1.17 bits per heavy atom. The number of phenolic OH excluding ortho intramolecular Hbond substituents is 1. The Kier molecular flexibility index (Phi) is 4.62. The first kappa shape index (κ1) is 18.7. The second-order valence-corrected chi connectivity index (χ2v) is 8.99. The number of ketones is 1. The van der Waals surface area contributed by atoms with E-state index in [1.54, 1.807) is 7.11 Å². The van der Waals surface area contributed by atoms with Crippen LogP contribution >= 0.6 is 0 Å². The molecule has 2 bridgehead atoms. The number of hydrogen-bond acceptors (Lipinski definition) is 4. The molecule has 3 aliphatic rings. The number of phenols is 1. The molecule has 1 aliphatic heterocycles. The Bertz CT molecular complexity index is 922. The van der Waals surface area contributed by atoms with E-state index < -0.39 is 0 Å². The van der Waals surface area contributed by atoms with Gasteiger partial charge < -0.3 is 9.84 Å². The van der Waals surface area contributed by atoms with Gasteiger partial charge in [0, 0.05) is 17.0 Å². The summed E-state index contributed by atoms with van der Waals surface area (Å²) in [4.78, 5) is 15.4. The maximum Gasteiger partial charge on any atom is 0.176 e. The van der Waals surface area contributed by atoms with Crippen LogP contribution in [-0.4, -0.2) is 42.0 Å². The lowest BCUT2D eigenvalue weighted by Gasteiger charge is -2.59. The van der Waals surface area contributed by atoms with Gasteiger partial charge in [-0.05, 0) is 85.7 Å². The fourth-order valence-electron chi connectivity index (χ4n) is 6.32. The summed E-state index contributed by atoms with van der Waals surface area (Å²) in [6.07, 6.45) is 7.05. The molecular formula is C25H29NO3. The summed E-state index contributed by atoms with van der Waals surface area (Å²) < 4.78 is 5.21. The quantitative estimate of drug-likeness (QED) is 0.788. The van der Waals surface area contributed by atoms with Gasteiger partial charge in [0.05, 0.1) is 13.7 Å². The van der Waals surface area contributed by atoms with Crippen molar-refractivity contribution in [3.05, 3.63) is 59.2 Å². The minimum Gasteiger partial charge on any atom is -0.508 e. The molecule has 0 spiro atoms. The number of carbonyl (C=O) groups excluding carboxylic acids is 1. The van der Waals surface area contributed by atoms with Crippen molar-refractivity contribution in [2.45, 2.75) is 50.0 Å². The summed E-state index contributed by atoms with van der Waals surface area (Å²) in [5, 5.41) is 10.1. The van der Waals surface area contributed by atoms with Gasteiger partial charge in [0.15, 0.2) is 5.78 Å². The van der Waals surface area contributed by atoms with Crippen LogP contribution in [0, 0.1) is 5.92 Å². The van der Waals surface area contributed by atoms with E-state index in [0.29, 0.717) is 24.3 Å². The van der Waals surface area contributed by atoms with Gasteiger partial charge in [-0.1, -0.05) is 18.9 Å². The van der Waals surface area contributed by atoms with Crippen LogP contribution in [0.5, 0.6) is 11.5 Å². The largest absolute Gasteiger partial charge is 0.508 e. The highest BCUT2D eigenvalue weighted by atomic mass is 16.5. The van der Waals surface area contributed by atoms with Crippen molar-refractivity contribution in [3.8, 4) is 11.5 Å². The molecule has 0 amide bonds. The van der Waals surface area contributed by atoms with Gasteiger partial charge in [0.2, 0.25) is 0 Å². The zero-order valence-electron chi connectivity index (χ0n) is 17.1. The number of ether oxygens (including phenoxy) is 1. The van der Waals surface area contributed by atoms with Gasteiger partial charge in [0.25, 0.3) is 0 Å². The first-order valence-electron chi connectivity index (χ1n) is 10.8. The summed E-state index contributed by atoms with van der Waals surface area (Å²) >= 11 is 0. The molecule has 1 saturated heterocycles. The molecule has 1 N–H and O–H groups in total. The smallest absolute Gasteiger partial charge is 0.176 e. The van der Waals surface area contributed by atoms with Crippen LogP contribution in [0.4, 0.5) is 0 Å². The maximum atomic E-state index is 13.0. The summed E-state index contributed by atoms with van der Waals surface area (Å²) in [6, 6.07) is 13.8. The highest BCUT2D eigenvalue weighted by molar-refractivity contribution is 5.97. The van der Waals surface area contributed by atoms with E-state index >= 15 is 0 Å². The summed E-state index contributed by atoms with van der Waals surface area (Å²) in [7, 11) is 1.64. The number of piperidine rings is 1. The third kappa shape index (κ3) is 3.05. The van der Waals surface area contributed by atoms with Crippen molar-refractivity contribution >= 4 is 5.78 Å². The van der Waals surface area contributed by atoms with Gasteiger partial charge in [0.1, 0.15) is 11.5 Å². The Morgan fingerprint density at radius 2 is 2.00 bits per heavy atom. The zero-order valence-corrected chi connectivity index (χ0v) is 17.1. The third-order valence-corrected chi connectivity index (χ3v) is 7.69. The minimum absolute atomic E-state index is 0.187. The predicted molar refractivity (Wildman–Crippen MR) is 113 cm³/mol. The van der Waals surface area contributed by atoms with Crippen LogP contribution in [0.25, 0.3) is 0 Å². The van der Waals surface area contributed by atoms with E-state index in [9.17, 15) is 9.90 Å². The molecule has 4 nitrogen and oxygen atoms in total. The van der Waals surface area contributed by atoms with Gasteiger partial charge in [-0.3, -0.25) is 9.69 Å². The third-order valence-electron chi connectivity index (χ3n) is 7.69. The Labute approximate surface area is 172 Å². The summed E-state index contributed by atoms with van der Waals surface area (Å²) in [6.45, 7) is 1.44. The topological polar surface area (TPSA) is 49.8 Å².